The molecule has 3 rings (SSSR count). The maximum Gasteiger partial charge on any atom is 0.222 e. The highest BCUT2D eigenvalue weighted by atomic mass is 32.2. The molecule has 0 saturated carbocycles. The monoisotopic (exact) mass is 427 g/mol. The van der Waals surface area contributed by atoms with Crippen LogP contribution >= 0.6 is 11.8 Å². The minimum absolute atomic E-state index is 0.227. The van der Waals surface area contributed by atoms with Crippen LogP contribution in [0.15, 0.2) is 52.5 Å². The summed E-state index contributed by atoms with van der Waals surface area (Å²) in [7, 11) is 0. The second kappa shape index (κ2) is 12.1. The van der Waals surface area contributed by atoms with E-state index in [0.717, 1.165) is 41.8 Å². The molecule has 160 valence electrons. The summed E-state index contributed by atoms with van der Waals surface area (Å²) in [5.74, 6) is 0.594. The van der Waals surface area contributed by atoms with Crippen molar-refractivity contribution in [3.8, 4) is 0 Å². The molecule has 0 aliphatic rings. The number of benzene rings is 1. The van der Waals surface area contributed by atoms with Crippen molar-refractivity contribution in [3.63, 3.8) is 0 Å². The first-order valence-corrected chi connectivity index (χ1v) is 11.2. The lowest BCUT2D eigenvalue weighted by Gasteiger charge is -2.15. The van der Waals surface area contributed by atoms with Gasteiger partial charge in [-0.05, 0) is 49.6 Å². The molecule has 7 heteroatoms. The van der Waals surface area contributed by atoms with Crippen LogP contribution in [0.1, 0.15) is 51.8 Å². The molecule has 0 amide bonds. The van der Waals surface area contributed by atoms with E-state index in [4.69, 9.17) is 5.73 Å². The Balaban J connectivity index is 0.00000155. The van der Waals surface area contributed by atoms with Gasteiger partial charge in [0.2, 0.25) is 5.95 Å². The van der Waals surface area contributed by atoms with Crippen molar-refractivity contribution in [2.45, 2.75) is 63.2 Å². The van der Waals surface area contributed by atoms with Crippen molar-refractivity contribution in [2.24, 2.45) is 0 Å². The average molecular weight is 428 g/mol. The number of nitrogens with one attached hydrogen (secondary N) is 1. The molecule has 0 saturated heterocycles. The summed E-state index contributed by atoms with van der Waals surface area (Å²) >= 11 is 1.36. The molecular formula is C23H30FN5S. The van der Waals surface area contributed by atoms with Gasteiger partial charge in [0.05, 0.1) is 5.69 Å². The molecule has 0 fully saturated rings. The van der Waals surface area contributed by atoms with Crippen LogP contribution in [0, 0.1) is 5.82 Å². The van der Waals surface area contributed by atoms with Crippen LogP contribution in [0.25, 0.3) is 0 Å². The Kier molecular flexibility index (Phi) is 9.54. The van der Waals surface area contributed by atoms with E-state index in [1.807, 2.05) is 39.0 Å². The van der Waals surface area contributed by atoms with Gasteiger partial charge in [0.1, 0.15) is 11.6 Å². The Bertz CT molecular complexity index is 934. The van der Waals surface area contributed by atoms with Gasteiger partial charge in [0, 0.05) is 33.4 Å². The lowest BCUT2D eigenvalue weighted by molar-refractivity contribution is 0.602. The van der Waals surface area contributed by atoms with Gasteiger partial charge in [-0.1, -0.05) is 45.9 Å². The lowest BCUT2D eigenvalue weighted by atomic mass is 10.1. The van der Waals surface area contributed by atoms with E-state index in [-0.39, 0.29) is 11.8 Å². The van der Waals surface area contributed by atoms with Crippen molar-refractivity contribution >= 4 is 29.2 Å². The summed E-state index contributed by atoms with van der Waals surface area (Å²) in [5, 5.41) is 3.24. The minimum atomic E-state index is -0.292. The fourth-order valence-electron chi connectivity index (χ4n) is 2.89. The van der Waals surface area contributed by atoms with Crippen LogP contribution in [0.5, 0.6) is 0 Å². The molecule has 1 aromatic carbocycles. The van der Waals surface area contributed by atoms with Crippen molar-refractivity contribution in [3.05, 3.63) is 59.8 Å². The standard InChI is InChI=1S/C21H24FN5S.C2H6/c1-3-5-6-16-18(4-2)26-21(23)27-20(16)25-14-7-8-19(17(22)13-14)28-15-9-11-24-12-10-15;1-2/h7-13H,3-6H2,1-2H3,(H3,23,25,26,27);1-2H3. The smallest absolute Gasteiger partial charge is 0.222 e. The summed E-state index contributed by atoms with van der Waals surface area (Å²) in [6.45, 7) is 8.19. The highest BCUT2D eigenvalue weighted by molar-refractivity contribution is 7.99. The molecule has 0 spiro atoms. The van der Waals surface area contributed by atoms with Crippen molar-refractivity contribution < 1.29 is 4.39 Å². The third-order valence-electron chi connectivity index (χ3n) is 4.30. The van der Waals surface area contributed by atoms with E-state index < -0.39 is 0 Å². The zero-order chi connectivity index (χ0) is 21.9. The van der Waals surface area contributed by atoms with Crippen LogP contribution < -0.4 is 11.1 Å². The Morgan fingerprint density at radius 3 is 2.43 bits per heavy atom. The molecule has 2 aromatic heterocycles. The average Bonchev–Trinajstić information content (AvgIpc) is 2.76. The predicted octanol–water partition coefficient (Wildman–Crippen LogP) is 6.42. The van der Waals surface area contributed by atoms with Gasteiger partial charge in [0.15, 0.2) is 0 Å². The van der Waals surface area contributed by atoms with Crippen LogP contribution in [-0.2, 0) is 12.8 Å². The van der Waals surface area contributed by atoms with E-state index in [2.05, 4.69) is 27.2 Å². The molecule has 2 heterocycles. The highest BCUT2D eigenvalue weighted by Crippen LogP contribution is 2.32. The highest BCUT2D eigenvalue weighted by Gasteiger charge is 2.13. The number of aromatic nitrogens is 3. The molecule has 0 aliphatic carbocycles. The molecule has 0 aliphatic heterocycles. The number of nitrogens with zero attached hydrogens (tertiary/aromatic N) is 3. The number of aryl methyl sites for hydroxylation is 1. The maximum atomic E-state index is 14.6. The third-order valence-corrected chi connectivity index (χ3v) is 5.36. The number of halogens is 1. The SMILES string of the molecule is CC.CCCCc1c(CC)nc(N)nc1Nc1ccc(Sc2ccncc2)c(F)c1. The van der Waals surface area contributed by atoms with Crippen molar-refractivity contribution in [1.82, 2.24) is 15.0 Å². The Morgan fingerprint density at radius 2 is 1.80 bits per heavy atom. The number of anilines is 3. The van der Waals surface area contributed by atoms with E-state index in [9.17, 15) is 4.39 Å². The molecule has 5 nitrogen and oxygen atoms in total. The molecule has 3 N–H and O–H groups in total. The van der Waals surface area contributed by atoms with Crippen LogP contribution in [0.4, 0.5) is 21.8 Å². The van der Waals surface area contributed by atoms with E-state index in [1.54, 1.807) is 18.5 Å². The number of nitrogens with two attached hydrogens (primary N) is 1. The number of unbranched alkanes of at least 4 members (excludes halogenated alkanes) is 1. The fourth-order valence-corrected chi connectivity index (χ4v) is 3.70. The Hall–Kier alpha value is -2.67. The van der Waals surface area contributed by atoms with Crippen LogP contribution in [-0.4, -0.2) is 15.0 Å². The van der Waals surface area contributed by atoms with Crippen LogP contribution in [0.2, 0.25) is 0 Å². The third kappa shape index (κ3) is 6.42. The minimum Gasteiger partial charge on any atom is -0.368 e. The largest absolute Gasteiger partial charge is 0.368 e. The lowest BCUT2D eigenvalue weighted by Crippen LogP contribution is -2.09. The summed E-state index contributed by atoms with van der Waals surface area (Å²) in [6, 6.07) is 8.80. The predicted molar refractivity (Wildman–Crippen MR) is 124 cm³/mol. The van der Waals surface area contributed by atoms with Gasteiger partial charge in [-0.2, -0.15) is 4.98 Å². The molecule has 0 atom stereocenters. The van der Waals surface area contributed by atoms with E-state index >= 15 is 0 Å². The molecule has 0 bridgehead atoms. The number of hydrogen-bond donors (Lipinski definition) is 2. The van der Waals surface area contributed by atoms with Gasteiger partial charge in [-0.3, -0.25) is 4.98 Å². The summed E-state index contributed by atoms with van der Waals surface area (Å²) in [4.78, 5) is 14.2. The zero-order valence-electron chi connectivity index (χ0n) is 18.1. The van der Waals surface area contributed by atoms with Gasteiger partial charge >= 0.3 is 0 Å². The molecule has 0 unspecified atom stereocenters. The molecular weight excluding hydrogens is 397 g/mol. The first kappa shape index (κ1) is 23.6. The zero-order valence-corrected chi connectivity index (χ0v) is 18.9. The maximum absolute atomic E-state index is 14.6. The normalized spacial score (nSPS) is 10.3. The summed E-state index contributed by atoms with van der Waals surface area (Å²) in [5.41, 5.74) is 8.50. The number of hydrogen-bond acceptors (Lipinski definition) is 6. The van der Waals surface area contributed by atoms with Gasteiger partial charge in [-0.15, -0.1) is 0 Å². The molecule has 0 radical (unpaired) electrons. The Morgan fingerprint density at radius 1 is 1.07 bits per heavy atom. The van der Waals surface area contributed by atoms with Gasteiger partial charge < -0.3 is 11.1 Å². The first-order valence-electron chi connectivity index (χ1n) is 10.4. The Labute approximate surface area is 182 Å². The second-order valence-electron chi connectivity index (χ2n) is 6.37. The summed E-state index contributed by atoms with van der Waals surface area (Å²) < 4.78 is 14.6. The molecule has 3 aromatic rings. The molecule has 30 heavy (non-hydrogen) atoms. The topological polar surface area (TPSA) is 76.7 Å². The number of rotatable bonds is 8. The summed E-state index contributed by atoms with van der Waals surface area (Å²) in [6.07, 6.45) is 7.13. The van der Waals surface area contributed by atoms with Gasteiger partial charge in [0.25, 0.3) is 0 Å². The van der Waals surface area contributed by atoms with E-state index in [0.29, 0.717) is 16.4 Å². The van der Waals surface area contributed by atoms with E-state index in [1.165, 1.54) is 17.8 Å². The fraction of sp³-hybridized carbons (Fsp3) is 0.348. The second-order valence-corrected chi connectivity index (χ2v) is 7.48. The van der Waals surface area contributed by atoms with Crippen molar-refractivity contribution in [2.75, 3.05) is 11.1 Å². The quantitative estimate of drug-likeness (QED) is 0.432. The van der Waals surface area contributed by atoms with Gasteiger partial charge in [-0.25, -0.2) is 9.37 Å². The first-order chi connectivity index (χ1) is 14.6. The number of nitrogen functional groups attached to an aromatic ring is 1. The van der Waals surface area contributed by atoms with Crippen LogP contribution in [0.3, 0.4) is 0 Å². The number of pyridine rings is 1. The van der Waals surface area contributed by atoms with Crippen molar-refractivity contribution in [1.29, 1.82) is 0 Å².